The van der Waals surface area contributed by atoms with Crippen molar-refractivity contribution < 1.29 is 0 Å². The van der Waals surface area contributed by atoms with Crippen molar-refractivity contribution in [1.29, 1.82) is 0 Å². The molecule has 3 rings (SSSR count). The van der Waals surface area contributed by atoms with Gasteiger partial charge < -0.3 is 5.32 Å². The Morgan fingerprint density at radius 3 is 3.00 bits per heavy atom. The molecule has 13 heavy (non-hydrogen) atoms. The van der Waals surface area contributed by atoms with Crippen LogP contribution in [0.3, 0.4) is 0 Å². The van der Waals surface area contributed by atoms with Crippen molar-refractivity contribution in [3.63, 3.8) is 0 Å². The molecule has 1 saturated carbocycles. The second-order valence-corrected chi connectivity index (χ2v) is 5.13. The van der Waals surface area contributed by atoms with Gasteiger partial charge in [-0.15, -0.1) is 11.3 Å². The number of rotatable bonds is 1. The molecule has 1 atom stereocenters. The largest absolute Gasteiger partial charge is 0.309 e. The minimum Gasteiger partial charge on any atom is -0.309 e. The van der Waals surface area contributed by atoms with E-state index in [4.69, 9.17) is 4.98 Å². The van der Waals surface area contributed by atoms with Crippen LogP contribution < -0.4 is 5.32 Å². The summed E-state index contributed by atoms with van der Waals surface area (Å²) in [6, 6.07) is 0.536. The molecule has 3 heteroatoms. The predicted octanol–water partition coefficient (Wildman–Crippen LogP) is 2.23. The molecule has 1 N–H and O–H groups in total. The molecule has 0 radical (unpaired) electrons. The van der Waals surface area contributed by atoms with Gasteiger partial charge in [0.05, 0.1) is 10.7 Å². The Morgan fingerprint density at radius 2 is 2.31 bits per heavy atom. The molecule has 1 aliphatic heterocycles. The number of thiazole rings is 1. The summed E-state index contributed by atoms with van der Waals surface area (Å²) in [4.78, 5) is 6.24. The Balaban J connectivity index is 1.99. The van der Waals surface area contributed by atoms with E-state index in [-0.39, 0.29) is 0 Å². The van der Waals surface area contributed by atoms with E-state index in [1.54, 1.807) is 0 Å². The highest BCUT2D eigenvalue weighted by Gasteiger charge is 2.30. The van der Waals surface area contributed by atoms with Crippen LogP contribution in [0.2, 0.25) is 0 Å². The van der Waals surface area contributed by atoms with Gasteiger partial charge in [-0.2, -0.15) is 0 Å². The van der Waals surface area contributed by atoms with Gasteiger partial charge in [0.2, 0.25) is 0 Å². The van der Waals surface area contributed by atoms with Crippen LogP contribution in [0.5, 0.6) is 0 Å². The van der Waals surface area contributed by atoms with E-state index in [2.05, 4.69) is 12.2 Å². The zero-order valence-electron chi connectivity index (χ0n) is 7.84. The van der Waals surface area contributed by atoms with E-state index in [0.717, 1.165) is 18.9 Å². The topological polar surface area (TPSA) is 24.9 Å². The minimum atomic E-state index is 0.536. The zero-order valence-corrected chi connectivity index (χ0v) is 8.66. The quantitative estimate of drug-likeness (QED) is 0.741. The highest BCUT2D eigenvalue weighted by molar-refractivity contribution is 7.12. The van der Waals surface area contributed by atoms with Crippen LogP contribution in [0, 0.1) is 0 Å². The maximum absolute atomic E-state index is 4.74. The molecule has 0 spiro atoms. The summed E-state index contributed by atoms with van der Waals surface area (Å²) in [5.74, 6) is 0.822. The van der Waals surface area contributed by atoms with Gasteiger partial charge in [0.25, 0.3) is 0 Å². The first-order valence-electron chi connectivity index (χ1n) is 5.07. The first-order chi connectivity index (χ1) is 6.34. The minimum absolute atomic E-state index is 0.536. The summed E-state index contributed by atoms with van der Waals surface area (Å²) in [5, 5.41) is 4.88. The number of nitrogens with zero attached hydrogens (tertiary/aromatic N) is 1. The third kappa shape index (κ3) is 1.30. The summed E-state index contributed by atoms with van der Waals surface area (Å²) in [5.41, 5.74) is 1.37. The lowest BCUT2D eigenvalue weighted by atomic mass is 10.1. The van der Waals surface area contributed by atoms with E-state index in [1.165, 1.54) is 28.4 Å². The normalized spacial score (nSPS) is 27.3. The van der Waals surface area contributed by atoms with Crippen molar-refractivity contribution in [2.45, 2.75) is 38.1 Å². The fourth-order valence-corrected chi connectivity index (χ4v) is 3.21. The predicted molar refractivity (Wildman–Crippen MR) is 54.2 cm³/mol. The van der Waals surface area contributed by atoms with Gasteiger partial charge in [-0.3, -0.25) is 0 Å². The van der Waals surface area contributed by atoms with Gasteiger partial charge in [0.15, 0.2) is 0 Å². The smallest absolute Gasteiger partial charge is 0.0962 e. The third-order valence-electron chi connectivity index (χ3n) is 2.88. The van der Waals surface area contributed by atoms with Gasteiger partial charge in [0.1, 0.15) is 0 Å². The van der Waals surface area contributed by atoms with Crippen molar-refractivity contribution in [3.8, 4) is 0 Å². The molecule has 2 heterocycles. The lowest BCUT2D eigenvalue weighted by Gasteiger charge is -2.18. The maximum atomic E-state index is 4.74. The molecule has 2 aliphatic rings. The maximum Gasteiger partial charge on any atom is 0.0962 e. The van der Waals surface area contributed by atoms with Gasteiger partial charge >= 0.3 is 0 Å². The Bertz CT molecular complexity index is 328. The highest BCUT2D eigenvalue weighted by atomic mass is 32.1. The van der Waals surface area contributed by atoms with Crippen molar-refractivity contribution in [1.82, 2.24) is 10.3 Å². The fourth-order valence-electron chi connectivity index (χ4n) is 1.90. The van der Waals surface area contributed by atoms with Crippen LogP contribution in [0.25, 0.3) is 0 Å². The molecule has 2 nitrogen and oxygen atoms in total. The van der Waals surface area contributed by atoms with Crippen LogP contribution in [-0.2, 0) is 6.42 Å². The Hall–Kier alpha value is -0.410. The molecule has 0 saturated heterocycles. The van der Waals surface area contributed by atoms with Crippen molar-refractivity contribution in [2.75, 3.05) is 6.54 Å². The summed E-state index contributed by atoms with van der Waals surface area (Å²) in [6.07, 6.45) is 3.87. The number of hydrogen-bond acceptors (Lipinski definition) is 3. The third-order valence-corrected chi connectivity index (χ3v) is 4.32. The molecule has 70 valence electrons. The second kappa shape index (κ2) is 2.79. The summed E-state index contributed by atoms with van der Waals surface area (Å²) in [7, 11) is 0. The van der Waals surface area contributed by atoms with Crippen molar-refractivity contribution in [2.24, 2.45) is 0 Å². The summed E-state index contributed by atoms with van der Waals surface area (Å²) < 4.78 is 0. The van der Waals surface area contributed by atoms with Crippen LogP contribution >= 0.6 is 11.3 Å². The molecule has 0 amide bonds. The standard InChI is InChI=1S/C10H14N2S/c1-6-9-8(4-5-11-6)12-10(13-9)7-2-3-7/h6-7,11H,2-5H2,1H3. The molecule has 1 fully saturated rings. The van der Waals surface area contributed by atoms with E-state index in [1.807, 2.05) is 11.3 Å². The van der Waals surface area contributed by atoms with Crippen LogP contribution in [0.15, 0.2) is 0 Å². The summed E-state index contributed by atoms with van der Waals surface area (Å²) >= 11 is 1.94. The zero-order chi connectivity index (χ0) is 8.84. The lowest BCUT2D eigenvalue weighted by Crippen LogP contribution is -2.26. The number of fused-ring (bicyclic) bond motifs is 1. The average molecular weight is 194 g/mol. The van der Waals surface area contributed by atoms with Crippen LogP contribution in [-0.4, -0.2) is 11.5 Å². The van der Waals surface area contributed by atoms with Gasteiger partial charge in [-0.1, -0.05) is 0 Å². The van der Waals surface area contributed by atoms with Gasteiger partial charge in [-0.05, 0) is 19.8 Å². The first kappa shape index (κ1) is 7.94. The lowest BCUT2D eigenvalue weighted by molar-refractivity contribution is 0.544. The molecule has 1 aromatic rings. The number of nitrogens with one attached hydrogen (secondary N) is 1. The van der Waals surface area contributed by atoms with Gasteiger partial charge in [-0.25, -0.2) is 4.98 Å². The molecule has 1 unspecified atom stereocenters. The van der Waals surface area contributed by atoms with Crippen LogP contribution in [0.4, 0.5) is 0 Å². The van der Waals surface area contributed by atoms with Crippen molar-refractivity contribution in [3.05, 3.63) is 15.6 Å². The molecular formula is C10H14N2S. The fraction of sp³-hybridized carbons (Fsp3) is 0.700. The highest BCUT2D eigenvalue weighted by Crippen LogP contribution is 2.44. The molecular weight excluding hydrogens is 180 g/mol. The Kier molecular flexibility index (Phi) is 1.70. The van der Waals surface area contributed by atoms with E-state index in [9.17, 15) is 0 Å². The number of hydrogen-bond donors (Lipinski definition) is 1. The number of aromatic nitrogens is 1. The van der Waals surface area contributed by atoms with Crippen LogP contribution in [0.1, 0.15) is 47.3 Å². The molecule has 1 aliphatic carbocycles. The Labute approximate surface area is 82.4 Å². The molecule has 1 aromatic heterocycles. The second-order valence-electron chi connectivity index (χ2n) is 4.06. The SMILES string of the molecule is CC1NCCc2nc(C3CC3)sc21. The Morgan fingerprint density at radius 1 is 1.46 bits per heavy atom. The van der Waals surface area contributed by atoms with Gasteiger partial charge in [0, 0.05) is 29.8 Å². The first-order valence-corrected chi connectivity index (χ1v) is 5.89. The monoisotopic (exact) mass is 194 g/mol. The summed E-state index contributed by atoms with van der Waals surface area (Å²) in [6.45, 7) is 3.34. The molecule has 0 aromatic carbocycles. The van der Waals surface area contributed by atoms with E-state index < -0.39 is 0 Å². The molecule has 0 bridgehead atoms. The van der Waals surface area contributed by atoms with Crippen molar-refractivity contribution >= 4 is 11.3 Å². The van der Waals surface area contributed by atoms with E-state index in [0.29, 0.717) is 6.04 Å². The average Bonchev–Trinajstić information content (AvgIpc) is 2.87. The van der Waals surface area contributed by atoms with E-state index >= 15 is 0 Å².